The summed E-state index contributed by atoms with van der Waals surface area (Å²) in [6.45, 7) is 9.96. The maximum Gasteiger partial charge on any atom is 0.130 e. The Labute approximate surface area is 121 Å². The van der Waals surface area contributed by atoms with Crippen LogP contribution in [-0.2, 0) is 18.2 Å². The smallest absolute Gasteiger partial charge is 0.130 e. The molecule has 110 valence electrons. The molecule has 19 heavy (non-hydrogen) atoms. The van der Waals surface area contributed by atoms with Crippen LogP contribution < -0.4 is 5.32 Å². The fourth-order valence-electron chi connectivity index (χ4n) is 2.00. The lowest BCUT2D eigenvalue weighted by atomic mass is 10.1. The third-order valence-corrected chi connectivity index (χ3v) is 3.51. The van der Waals surface area contributed by atoms with Crippen molar-refractivity contribution in [1.82, 2.24) is 15.1 Å². The molecule has 0 saturated heterocycles. The quantitative estimate of drug-likeness (QED) is 0.799. The van der Waals surface area contributed by atoms with Crippen molar-refractivity contribution in [2.45, 2.75) is 52.7 Å². The molecule has 1 unspecified atom stereocenters. The number of halogens is 1. The maximum atomic E-state index is 6.29. The average Bonchev–Trinajstić information content (AvgIpc) is 2.58. The van der Waals surface area contributed by atoms with Crippen LogP contribution in [0, 0.1) is 6.92 Å². The summed E-state index contributed by atoms with van der Waals surface area (Å²) in [5.74, 6) is 0. The van der Waals surface area contributed by atoms with Gasteiger partial charge in [0.2, 0.25) is 0 Å². The van der Waals surface area contributed by atoms with Gasteiger partial charge in [-0.2, -0.15) is 5.10 Å². The third kappa shape index (κ3) is 5.13. The second kappa shape index (κ2) is 7.88. The van der Waals surface area contributed by atoms with E-state index in [9.17, 15) is 0 Å². The van der Waals surface area contributed by atoms with Crippen LogP contribution >= 0.6 is 11.6 Å². The fraction of sp³-hybridized carbons (Fsp3) is 0.786. The standard InChI is InChI=1S/C14H26ClN3O/c1-6-7-16-12(9-19-10(2)3)8-13-11(4)17-18(5)14(13)15/h10,12,16H,6-9H2,1-5H3. The normalized spacial score (nSPS) is 13.2. The van der Waals surface area contributed by atoms with Crippen molar-refractivity contribution in [2.75, 3.05) is 13.2 Å². The van der Waals surface area contributed by atoms with Gasteiger partial charge in [-0.05, 0) is 40.2 Å². The van der Waals surface area contributed by atoms with Crippen molar-refractivity contribution in [3.8, 4) is 0 Å². The first-order valence-corrected chi connectivity index (χ1v) is 7.36. The molecule has 4 nitrogen and oxygen atoms in total. The van der Waals surface area contributed by atoms with E-state index in [4.69, 9.17) is 16.3 Å². The zero-order chi connectivity index (χ0) is 14.4. The molecule has 0 amide bonds. The van der Waals surface area contributed by atoms with Crippen LogP contribution in [0.25, 0.3) is 0 Å². The summed E-state index contributed by atoms with van der Waals surface area (Å²) in [7, 11) is 1.87. The Kier molecular flexibility index (Phi) is 6.83. The molecule has 0 aromatic carbocycles. The van der Waals surface area contributed by atoms with E-state index in [-0.39, 0.29) is 12.1 Å². The first-order chi connectivity index (χ1) is 8.95. The predicted octanol–water partition coefficient (Wildman–Crippen LogP) is 2.72. The van der Waals surface area contributed by atoms with Gasteiger partial charge in [0.25, 0.3) is 0 Å². The minimum atomic E-state index is 0.247. The van der Waals surface area contributed by atoms with Crippen LogP contribution in [-0.4, -0.2) is 35.1 Å². The molecule has 1 rings (SSSR count). The Morgan fingerprint density at radius 3 is 2.58 bits per heavy atom. The summed E-state index contributed by atoms with van der Waals surface area (Å²) in [4.78, 5) is 0. The van der Waals surface area contributed by atoms with Crippen LogP contribution in [0.4, 0.5) is 0 Å². The fourth-order valence-corrected chi connectivity index (χ4v) is 2.25. The zero-order valence-electron chi connectivity index (χ0n) is 12.7. The van der Waals surface area contributed by atoms with Crippen molar-refractivity contribution in [2.24, 2.45) is 7.05 Å². The zero-order valence-corrected chi connectivity index (χ0v) is 13.4. The van der Waals surface area contributed by atoms with Crippen LogP contribution in [0.2, 0.25) is 5.15 Å². The molecule has 5 heteroatoms. The summed E-state index contributed by atoms with van der Waals surface area (Å²) >= 11 is 6.29. The van der Waals surface area contributed by atoms with E-state index < -0.39 is 0 Å². The summed E-state index contributed by atoms with van der Waals surface area (Å²) in [5, 5.41) is 8.60. The number of aryl methyl sites for hydroxylation is 2. The van der Waals surface area contributed by atoms with Crippen molar-refractivity contribution >= 4 is 11.6 Å². The van der Waals surface area contributed by atoms with Crippen molar-refractivity contribution in [3.05, 3.63) is 16.4 Å². The topological polar surface area (TPSA) is 39.1 Å². The highest BCUT2D eigenvalue weighted by Gasteiger charge is 2.17. The van der Waals surface area contributed by atoms with E-state index in [0.29, 0.717) is 6.61 Å². The first-order valence-electron chi connectivity index (χ1n) is 6.98. The largest absolute Gasteiger partial charge is 0.377 e. The SMILES string of the molecule is CCCNC(COC(C)C)Cc1c(C)nn(C)c1Cl. The Hall–Kier alpha value is -0.580. The van der Waals surface area contributed by atoms with Crippen LogP contribution in [0.3, 0.4) is 0 Å². The van der Waals surface area contributed by atoms with Gasteiger partial charge >= 0.3 is 0 Å². The van der Waals surface area contributed by atoms with E-state index in [0.717, 1.165) is 35.8 Å². The number of aromatic nitrogens is 2. The van der Waals surface area contributed by atoms with E-state index >= 15 is 0 Å². The lowest BCUT2D eigenvalue weighted by molar-refractivity contribution is 0.0613. The Morgan fingerprint density at radius 2 is 2.11 bits per heavy atom. The highest BCUT2D eigenvalue weighted by Crippen LogP contribution is 2.20. The lowest BCUT2D eigenvalue weighted by Crippen LogP contribution is -2.37. The average molecular weight is 288 g/mol. The summed E-state index contributed by atoms with van der Waals surface area (Å²) in [5.41, 5.74) is 2.12. The Bertz CT molecular complexity index is 390. The number of ether oxygens (including phenoxy) is 1. The molecule has 0 radical (unpaired) electrons. The number of nitrogens with zero attached hydrogens (tertiary/aromatic N) is 2. The Balaban J connectivity index is 2.69. The molecule has 0 aliphatic rings. The van der Waals surface area contributed by atoms with Gasteiger partial charge in [0.05, 0.1) is 18.4 Å². The van der Waals surface area contributed by atoms with E-state index in [2.05, 4.69) is 31.2 Å². The highest BCUT2D eigenvalue weighted by atomic mass is 35.5. The minimum Gasteiger partial charge on any atom is -0.377 e. The van der Waals surface area contributed by atoms with Gasteiger partial charge < -0.3 is 10.1 Å². The summed E-state index contributed by atoms with van der Waals surface area (Å²) in [6.07, 6.45) is 2.21. The molecular formula is C14H26ClN3O. The molecule has 0 aliphatic carbocycles. The van der Waals surface area contributed by atoms with E-state index in [1.54, 1.807) is 4.68 Å². The van der Waals surface area contributed by atoms with Gasteiger partial charge in [-0.3, -0.25) is 4.68 Å². The highest BCUT2D eigenvalue weighted by molar-refractivity contribution is 6.30. The van der Waals surface area contributed by atoms with Crippen LogP contribution in [0.1, 0.15) is 38.4 Å². The molecule has 0 spiro atoms. The lowest BCUT2D eigenvalue weighted by Gasteiger charge is -2.20. The van der Waals surface area contributed by atoms with Gasteiger partial charge in [0.1, 0.15) is 5.15 Å². The number of rotatable bonds is 8. The van der Waals surface area contributed by atoms with Gasteiger partial charge in [-0.1, -0.05) is 18.5 Å². The molecule has 1 aromatic rings. The second-order valence-electron chi connectivity index (χ2n) is 5.22. The van der Waals surface area contributed by atoms with Gasteiger partial charge in [-0.15, -0.1) is 0 Å². The molecule has 0 bridgehead atoms. The maximum absolute atomic E-state index is 6.29. The molecule has 0 saturated carbocycles. The van der Waals surface area contributed by atoms with Gasteiger partial charge in [-0.25, -0.2) is 0 Å². The van der Waals surface area contributed by atoms with E-state index in [1.165, 1.54) is 0 Å². The molecular weight excluding hydrogens is 262 g/mol. The first kappa shape index (κ1) is 16.5. The van der Waals surface area contributed by atoms with Crippen molar-refractivity contribution in [1.29, 1.82) is 0 Å². The van der Waals surface area contributed by atoms with Crippen molar-refractivity contribution < 1.29 is 4.74 Å². The third-order valence-electron chi connectivity index (χ3n) is 3.03. The number of nitrogens with one attached hydrogen (secondary N) is 1. The van der Waals surface area contributed by atoms with Crippen molar-refractivity contribution in [3.63, 3.8) is 0 Å². The molecule has 1 atom stereocenters. The van der Waals surface area contributed by atoms with Gasteiger partial charge in [0.15, 0.2) is 0 Å². The second-order valence-corrected chi connectivity index (χ2v) is 5.57. The van der Waals surface area contributed by atoms with Crippen LogP contribution in [0.15, 0.2) is 0 Å². The molecule has 1 N–H and O–H groups in total. The molecule has 1 heterocycles. The Morgan fingerprint density at radius 1 is 1.42 bits per heavy atom. The minimum absolute atomic E-state index is 0.247. The summed E-state index contributed by atoms with van der Waals surface area (Å²) in [6, 6.07) is 0.280. The number of hydrogen-bond donors (Lipinski definition) is 1. The monoisotopic (exact) mass is 287 g/mol. The molecule has 0 fully saturated rings. The number of hydrogen-bond acceptors (Lipinski definition) is 3. The summed E-state index contributed by atoms with van der Waals surface area (Å²) < 4.78 is 7.46. The van der Waals surface area contributed by atoms with Gasteiger partial charge in [0, 0.05) is 18.7 Å². The van der Waals surface area contributed by atoms with Crippen LogP contribution in [0.5, 0.6) is 0 Å². The molecule has 0 aliphatic heterocycles. The molecule has 1 aromatic heterocycles. The van der Waals surface area contributed by atoms with E-state index in [1.807, 2.05) is 14.0 Å². The predicted molar refractivity (Wildman–Crippen MR) is 79.8 cm³/mol.